The Morgan fingerprint density at radius 1 is 1.39 bits per heavy atom. The third kappa shape index (κ3) is 3.33. The molecule has 3 atom stereocenters. The molecule has 3 unspecified atom stereocenters. The summed E-state index contributed by atoms with van der Waals surface area (Å²) in [7, 11) is 0. The van der Waals surface area contributed by atoms with Crippen LogP contribution in [0.1, 0.15) is 31.7 Å². The zero-order valence-corrected chi connectivity index (χ0v) is 11.1. The van der Waals surface area contributed by atoms with Gasteiger partial charge in [-0.25, -0.2) is 0 Å². The fourth-order valence-electron chi connectivity index (χ4n) is 2.20. The fourth-order valence-corrected chi connectivity index (χ4v) is 2.20. The van der Waals surface area contributed by atoms with Crippen molar-refractivity contribution in [2.75, 3.05) is 13.1 Å². The zero-order chi connectivity index (χ0) is 13.0. The summed E-state index contributed by atoms with van der Waals surface area (Å²) >= 11 is 0. The Hall–Kier alpha value is -1.35. The van der Waals surface area contributed by atoms with Gasteiger partial charge in [-0.3, -0.25) is 4.79 Å². The van der Waals surface area contributed by atoms with Crippen LogP contribution in [0.2, 0.25) is 0 Å². The highest BCUT2D eigenvalue weighted by atomic mass is 16.2. The first-order valence-electron chi connectivity index (χ1n) is 6.78. The molecule has 1 saturated carbocycles. The van der Waals surface area contributed by atoms with Gasteiger partial charge in [0, 0.05) is 24.4 Å². The van der Waals surface area contributed by atoms with E-state index in [4.69, 9.17) is 0 Å². The Kier molecular flexibility index (Phi) is 4.37. The fraction of sp³-hybridized carbons (Fsp3) is 0.533. The van der Waals surface area contributed by atoms with Gasteiger partial charge < -0.3 is 10.6 Å². The molecule has 0 saturated heterocycles. The van der Waals surface area contributed by atoms with E-state index < -0.39 is 0 Å². The number of carbonyl (C=O) groups is 1. The summed E-state index contributed by atoms with van der Waals surface area (Å²) in [5, 5.41) is 6.34. The molecule has 0 aromatic heterocycles. The van der Waals surface area contributed by atoms with Crippen molar-refractivity contribution in [1.29, 1.82) is 0 Å². The van der Waals surface area contributed by atoms with Crippen molar-refractivity contribution in [2.24, 2.45) is 5.92 Å². The number of hydrogen-bond acceptors (Lipinski definition) is 2. The van der Waals surface area contributed by atoms with Gasteiger partial charge in [0.25, 0.3) is 0 Å². The van der Waals surface area contributed by atoms with Crippen LogP contribution in [0.3, 0.4) is 0 Å². The third-order valence-corrected chi connectivity index (χ3v) is 3.49. The molecule has 1 amide bonds. The van der Waals surface area contributed by atoms with Crippen molar-refractivity contribution in [3.8, 4) is 0 Å². The lowest BCUT2D eigenvalue weighted by Gasteiger charge is -2.12. The average molecular weight is 246 g/mol. The monoisotopic (exact) mass is 246 g/mol. The summed E-state index contributed by atoms with van der Waals surface area (Å²) < 4.78 is 0. The number of amides is 1. The quantitative estimate of drug-likeness (QED) is 0.805. The Morgan fingerprint density at radius 3 is 2.78 bits per heavy atom. The molecule has 1 aromatic carbocycles. The molecule has 18 heavy (non-hydrogen) atoms. The third-order valence-electron chi connectivity index (χ3n) is 3.49. The molecular formula is C15H22N2O. The van der Waals surface area contributed by atoms with E-state index in [9.17, 15) is 4.79 Å². The second-order valence-electron chi connectivity index (χ2n) is 5.08. The molecule has 1 fully saturated rings. The lowest BCUT2D eigenvalue weighted by atomic mass is 10.1. The lowest BCUT2D eigenvalue weighted by molar-refractivity contribution is -0.124. The number of nitrogens with one attached hydrogen (secondary N) is 2. The molecule has 0 radical (unpaired) electrons. The Morgan fingerprint density at radius 2 is 2.11 bits per heavy atom. The van der Waals surface area contributed by atoms with Crippen LogP contribution in [0.4, 0.5) is 0 Å². The van der Waals surface area contributed by atoms with E-state index in [-0.39, 0.29) is 11.8 Å². The maximum atomic E-state index is 11.9. The summed E-state index contributed by atoms with van der Waals surface area (Å²) in [6.45, 7) is 5.69. The average Bonchev–Trinajstić information content (AvgIpc) is 3.16. The van der Waals surface area contributed by atoms with Gasteiger partial charge in [-0.15, -0.1) is 0 Å². The van der Waals surface area contributed by atoms with Gasteiger partial charge in [0.2, 0.25) is 5.91 Å². The van der Waals surface area contributed by atoms with E-state index in [1.54, 1.807) is 0 Å². The van der Waals surface area contributed by atoms with Crippen molar-refractivity contribution < 1.29 is 4.79 Å². The molecule has 0 heterocycles. The predicted octanol–water partition coefficient (Wildman–Crippen LogP) is 1.90. The molecule has 3 heteroatoms. The topological polar surface area (TPSA) is 41.1 Å². The number of carbonyl (C=O) groups excluding carboxylic acids is 1. The van der Waals surface area contributed by atoms with Crippen LogP contribution in [0.5, 0.6) is 0 Å². The van der Waals surface area contributed by atoms with Crippen LogP contribution in [0.15, 0.2) is 30.3 Å². The van der Waals surface area contributed by atoms with Crippen molar-refractivity contribution >= 4 is 5.91 Å². The zero-order valence-electron chi connectivity index (χ0n) is 11.1. The van der Waals surface area contributed by atoms with Gasteiger partial charge in [0.1, 0.15) is 0 Å². The molecular weight excluding hydrogens is 224 g/mol. The molecule has 2 rings (SSSR count). The van der Waals surface area contributed by atoms with Crippen LogP contribution < -0.4 is 10.6 Å². The van der Waals surface area contributed by atoms with E-state index in [0.29, 0.717) is 12.0 Å². The second-order valence-corrected chi connectivity index (χ2v) is 5.08. The standard InChI is InChI=1S/C15H22N2O/c1-3-16-10-11(2)15(18)17-14-9-13(14)12-7-5-4-6-8-12/h4-8,11,13-14,16H,3,9-10H2,1-2H3,(H,17,18). The van der Waals surface area contributed by atoms with Crippen LogP contribution >= 0.6 is 0 Å². The van der Waals surface area contributed by atoms with E-state index in [1.165, 1.54) is 5.56 Å². The first-order chi connectivity index (χ1) is 8.72. The van der Waals surface area contributed by atoms with Crippen molar-refractivity contribution in [1.82, 2.24) is 10.6 Å². The molecule has 1 aromatic rings. The Balaban J connectivity index is 1.77. The van der Waals surface area contributed by atoms with Crippen LogP contribution in [-0.2, 0) is 4.79 Å². The first-order valence-corrected chi connectivity index (χ1v) is 6.78. The molecule has 3 nitrogen and oxygen atoms in total. The second kappa shape index (κ2) is 6.01. The summed E-state index contributed by atoms with van der Waals surface area (Å²) in [4.78, 5) is 11.9. The largest absolute Gasteiger partial charge is 0.352 e. The first kappa shape index (κ1) is 13.1. The van der Waals surface area contributed by atoms with Crippen LogP contribution in [0.25, 0.3) is 0 Å². The molecule has 0 aliphatic heterocycles. The van der Waals surface area contributed by atoms with Crippen molar-refractivity contribution in [3.63, 3.8) is 0 Å². The van der Waals surface area contributed by atoms with Gasteiger partial charge >= 0.3 is 0 Å². The van der Waals surface area contributed by atoms with Gasteiger partial charge in [0.05, 0.1) is 0 Å². The van der Waals surface area contributed by atoms with Gasteiger partial charge in [-0.2, -0.15) is 0 Å². The minimum Gasteiger partial charge on any atom is -0.352 e. The molecule has 0 bridgehead atoms. The Bertz CT molecular complexity index is 391. The van der Waals surface area contributed by atoms with Crippen molar-refractivity contribution in [2.45, 2.75) is 32.2 Å². The summed E-state index contributed by atoms with van der Waals surface area (Å²) in [6.07, 6.45) is 1.07. The maximum Gasteiger partial charge on any atom is 0.224 e. The number of rotatable bonds is 6. The number of benzene rings is 1. The minimum atomic E-state index is 0.0435. The van der Waals surface area contributed by atoms with Crippen LogP contribution in [-0.4, -0.2) is 25.0 Å². The number of hydrogen-bond donors (Lipinski definition) is 2. The lowest BCUT2D eigenvalue weighted by Crippen LogP contribution is -2.36. The van der Waals surface area contributed by atoms with E-state index >= 15 is 0 Å². The molecule has 98 valence electrons. The highest BCUT2D eigenvalue weighted by Gasteiger charge is 2.39. The summed E-state index contributed by atoms with van der Waals surface area (Å²) in [6, 6.07) is 10.8. The van der Waals surface area contributed by atoms with Gasteiger partial charge in [0.15, 0.2) is 0 Å². The predicted molar refractivity (Wildman–Crippen MR) is 73.4 cm³/mol. The summed E-state index contributed by atoms with van der Waals surface area (Å²) in [5.41, 5.74) is 1.34. The van der Waals surface area contributed by atoms with E-state index in [1.807, 2.05) is 13.0 Å². The minimum absolute atomic E-state index is 0.0435. The highest BCUT2D eigenvalue weighted by Crippen LogP contribution is 2.40. The molecule has 0 spiro atoms. The smallest absolute Gasteiger partial charge is 0.224 e. The molecule has 1 aliphatic rings. The SMILES string of the molecule is CCNCC(C)C(=O)NC1CC1c1ccccc1. The maximum absolute atomic E-state index is 11.9. The van der Waals surface area contributed by atoms with E-state index in [0.717, 1.165) is 19.5 Å². The molecule has 2 N–H and O–H groups in total. The van der Waals surface area contributed by atoms with Gasteiger partial charge in [-0.05, 0) is 18.5 Å². The highest BCUT2D eigenvalue weighted by molar-refractivity contribution is 5.79. The Labute approximate surface area is 109 Å². The van der Waals surface area contributed by atoms with Gasteiger partial charge in [-0.1, -0.05) is 44.2 Å². The van der Waals surface area contributed by atoms with Crippen molar-refractivity contribution in [3.05, 3.63) is 35.9 Å². The molecule has 1 aliphatic carbocycles. The normalized spacial score (nSPS) is 23.4. The van der Waals surface area contributed by atoms with Crippen LogP contribution in [0, 0.1) is 5.92 Å². The summed E-state index contributed by atoms with van der Waals surface area (Å²) in [5.74, 6) is 0.725. The van der Waals surface area contributed by atoms with E-state index in [2.05, 4.69) is 41.8 Å².